The van der Waals surface area contributed by atoms with Crippen LogP contribution in [-0.4, -0.2) is 29.3 Å². The van der Waals surface area contributed by atoms with Crippen LogP contribution in [0.4, 0.5) is 5.95 Å². The van der Waals surface area contributed by atoms with E-state index in [0.717, 1.165) is 43.7 Å². The van der Waals surface area contributed by atoms with E-state index in [0.29, 0.717) is 5.92 Å². The summed E-state index contributed by atoms with van der Waals surface area (Å²) in [5.74, 6) is 2.94. The quantitative estimate of drug-likeness (QED) is 0.902. The molecule has 5 nitrogen and oxygen atoms in total. The van der Waals surface area contributed by atoms with Crippen LogP contribution in [0.3, 0.4) is 0 Å². The van der Waals surface area contributed by atoms with E-state index in [2.05, 4.69) is 22.0 Å². The summed E-state index contributed by atoms with van der Waals surface area (Å²) in [6.45, 7) is 3.97. The molecule has 18 heavy (non-hydrogen) atoms. The molecule has 1 aromatic heterocycles. The molecule has 2 heterocycles. The van der Waals surface area contributed by atoms with Crippen LogP contribution < -0.4 is 10.6 Å². The second-order valence-electron chi connectivity index (χ2n) is 5.31. The number of nitrogens with two attached hydrogens (primary N) is 1. The first-order valence-electron chi connectivity index (χ1n) is 6.61. The number of aryl methyl sites for hydroxylation is 1. The summed E-state index contributed by atoms with van der Waals surface area (Å²) < 4.78 is 5.22. The molecule has 2 atom stereocenters. The Hall–Kier alpha value is -0.810. The van der Waals surface area contributed by atoms with Gasteiger partial charge in [0.1, 0.15) is 0 Å². The lowest BCUT2D eigenvalue weighted by molar-refractivity contribution is 0.376. The third-order valence-electron chi connectivity index (χ3n) is 3.84. The molecular formula is C12H21ClN4O. The van der Waals surface area contributed by atoms with Gasteiger partial charge in [-0.1, -0.05) is 6.92 Å². The summed E-state index contributed by atoms with van der Waals surface area (Å²) in [7, 11) is 0. The average molecular weight is 273 g/mol. The Kier molecular flexibility index (Phi) is 4.12. The van der Waals surface area contributed by atoms with Gasteiger partial charge in [0.05, 0.1) is 0 Å². The average Bonchev–Trinajstić information content (AvgIpc) is 2.92. The summed E-state index contributed by atoms with van der Waals surface area (Å²) in [4.78, 5) is 6.60. The van der Waals surface area contributed by atoms with Crippen molar-refractivity contribution in [1.29, 1.82) is 0 Å². The van der Waals surface area contributed by atoms with Crippen molar-refractivity contribution in [2.45, 2.75) is 38.6 Å². The van der Waals surface area contributed by atoms with Crippen LogP contribution in [0.1, 0.15) is 32.1 Å². The van der Waals surface area contributed by atoms with E-state index in [4.69, 9.17) is 10.3 Å². The summed E-state index contributed by atoms with van der Waals surface area (Å²) in [5.41, 5.74) is 6.19. The van der Waals surface area contributed by atoms with Gasteiger partial charge in [0.25, 0.3) is 5.95 Å². The highest BCUT2D eigenvalue weighted by Gasteiger charge is 2.41. The fourth-order valence-electron chi connectivity index (χ4n) is 2.73. The molecule has 0 aromatic carbocycles. The molecule has 2 aliphatic rings. The van der Waals surface area contributed by atoms with E-state index in [1.807, 2.05) is 0 Å². The summed E-state index contributed by atoms with van der Waals surface area (Å²) in [6.07, 6.45) is 4.59. The molecule has 1 aromatic rings. The molecule has 3 rings (SSSR count). The van der Waals surface area contributed by atoms with E-state index >= 15 is 0 Å². The number of aromatic nitrogens is 2. The Bertz CT molecular complexity index is 393. The number of halogens is 1. The molecule has 102 valence electrons. The highest BCUT2D eigenvalue weighted by atomic mass is 35.5. The maximum Gasteiger partial charge on any atom is 0.266 e. The number of anilines is 1. The van der Waals surface area contributed by atoms with Gasteiger partial charge in [-0.05, 0) is 36.3 Å². The Morgan fingerprint density at radius 3 is 2.83 bits per heavy atom. The van der Waals surface area contributed by atoms with Crippen molar-refractivity contribution in [3.8, 4) is 0 Å². The maximum absolute atomic E-state index is 6.19. The van der Waals surface area contributed by atoms with Crippen LogP contribution in [0.5, 0.6) is 0 Å². The Morgan fingerprint density at radius 2 is 2.17 bits per heavy atom. The van der Waals surface area contributed by atoms with E-state index in [-0.39, 0.29) is 18.4 Å². The van der Waals surface area contributed by atoms with Crippen molar-refractivity contribution < 1.29 is 4.52 Å². The van der Waals surface area contributed by atoms with Crippen molar-refractivity contribution in [3.63, 3.8) is 0 Å². The predicted molar refractivity (Wildman–Crippen MR) is 71.9 cm³/mol. The van der Waals surface area contributed by atoms with E-state index in [9.17, 15) is 0 Å². The third-order valence-corrected chi connectivity index (χ3v) is 3.84. The van der Waals surface area contributed by atoms with E-state index < -0.39 is 0 Å². The van der Waals surface area contributed by atoms with E-state index in [1.165, 1.54) is 12.8 Å². The topological polar surface area (TPSA) is 68.2 Å². The third kappa shape index (κ3) is 2.62. The van der Waals surface area contributed by atoms with Crippen LogP contribution in [0.15, 0.2) is 4.52 Å². The molecule has 2 fully saturated rings. The lowest BCUT2D eigenvalue weighted by Gasteiger charge is -2.12. The van der Waals surface area contributed by atoms with Crippen LogP contribution in [0.2, 0.25) is 0 Å². The van der Waals surface area contributed by atoms with Crippen molar-refractivity contribution >= 4 is 18.4 Å². The summed E-state index contributed by atoms with van der Waals surface area (Å²) in [5, 5.41) is 4.05. The van der Waals surface area contributed by atoms with Crippen LogP contribution in [0, 0.1) is 11.8 Å². The minimum absolute atomic E-state index is 0. The molecule has 6 heteroatoms. The fourth-order valence-corrected chi connectivity index (χ4v) is 2.73. The second-order valence-corrected chi connectivity index (χ2v) is 5.31. The molecule has 0 amide bonds. The first-order valence-corrected chi connectivity index (χ1v) is 6.61. The molecule has 1 saturated carbocycles. The molecule has 1 aliphatic heterocycles. The van der Waals surface area contributed by atoms with Crippen molar-refractivity contribution in [2.24, 2.45) is 17.6 Å². The smallest absolute Gasteiger partial charge is 0.266 e. The van der Waals surface area contributed by atoms with Gasteiger partial charge >= 0.3 is 0 Å². The minimum Gasteiger partial charge on any atom is -0.337 e. The molecule has 1 aliphatic carbocycles. The van der Waals surface area contributed by atoms with Crippen molar-refractivity contribution in [2.75, 3.05) is 18.0 Å². The number of hydrogen-bond acceptors (Lipinski definition) is 5. The molecule has 2 N–H and O–H groups in total. The fraction of sp³-hybridized carbons (Fsp3) is 0.833. The molecule has 1 saturated heterocycles. The SMILES string of the molecule is CCCc1nc(N2C[C@H](C3CC3)[C@@H](N)C2)no1.Cl. The molecule has 0 spiro atoms. The zero-order valence-corrected chi connectivity index (χ0v) is 11.5. The van der Waals surface area contributed by atoms with Gasteiger partial charge in [-0.15, -0.1) is 12.4 Å². The Balaban J connectivity index is 0.00000120. The number of hydrogen-bond donors (Lipinski definition) is 1. The van der Waals surface area contributed by atoms with Gasteiger partial charge in [-0.25, -0.2) is 0 Å². The summed E-state index contributed by atoms with van der Waals surface area (Å²) >= 11 is 0. The van der Waals surface area contributed by atoms with Gasteiger partial charge in [0.2, 0.25) is 5.89 Å². The van der Waals surface area contributed by atoms with Gasteiger partial charge in [0.15, 0.2) is 0 Å². The maximum atomic E-state index is 6.19. The second kappa shape index (κ2) is 5.45. The normalized spacial score (nSPS) is 27.3. The summed E-state index contributed by atoms with van der Waals surface area (Å²) in [6, 6.07) is 0.274. The largest absolute Gasteiger partial charge is 0.337 e. The first-order chi connectivity index (χ1) is 8.28. The van der Waals surface area contributed by atoms with Crippen molar-refractivity contribution in [3.05, 3.63) is 5.89 Å². The lowest BCUT2D eigenvalue weighted by atomic mass is 9.99. The highest BCUT2D eigenvalue weighted by molar-refractivity contribution is 5.85. The molecule has 0 radical (unpaired) electrons. The van der Waals surface area contributed by atoms with Gasteiger partial charge < -0.3 is 15.2 Å². The predicted octanol–water partition coefficient (Wildman–Crippen LogP) is 1.62. The van der Waals surface area contributed by atoms with Crippen LogP contribution in [0.25, 0.3) is 0 Å². The highest BCUT2D eigenvalue weighted by Crippen LogP contribution is 2.41. The van der Waals surface area contributed by atoms with Gasteiger partial charge in [-0.3, -0.25) is 0 Å². The molecule has 0 unspecified atom stereocenters. The van der Waals surface area contributed by atoms with Crippen LogP contribution in [-0.2, 0) is 6.42 Å². The monoisotopic (exact) mass is 272 g/mol. The van der Waals surface area contributed by atoms with Crippen molar-refractivity contribution in [1.82, 2.24) is 10.1 Å². The number of rotatable bonds is 4. The van der Waals surface area contributed by atoms with Crippen LogP contribution >= 0.6 is 12.4 Å². The molecular weight excluding hydrogens is 252 g/mol. The van der Waals surface area contributed by atoms with Gasteiger partial charge in [-0.2, -0.15) is 4.98 Å². The number of nitrogens with zero attached hydrogens (tertiary/aromatic N) is 3. The molecule has 0 bridgehead atoms. The standard InChI is InChI=1S/C12H20N4O.ClH/c1-2-3-11-14-12(15-17-11)16-6-9(8-4-5-8)10(13)7-16;/h8-10H,2-7,13H2,1H3;1H/t9-,10+;/m1./s1. The zero-order chi connectivity index (χ0) is 11.8. The Labute approximate surface area is 114 Å². The zero-order valence-electron chi connectivity index (χ0n) is 10.7. The minimum atomic E-state index is 0. The van der Waals surface area contributed by atoms with Gasteiger partial charge in [0, 0.05) is 25.6 Å². The van der Waals surface area contributed by atoms with E-state index in [1.54, 1.807) is 0 Å². The first kappa shape index (κ1) is 13.6. The lowest BCUT2D eigenvalue weighted by Crippen LogP contribution is -2.30. The Morgan fingerprint density at radius 1 is 1.39 bits per heavy atom.